The molecule has 0 saturated heterocycles. The van der Waals surface area contributed by atoms with E-state index in [0.717, 1.165) is 11.3 Å². The van der Waals surface area contributed by atoms with Crippen molar-refractivity contribution >= 4 is 38.1 Å². The maximum atomic E-state index is 12.8. The van der Waals surface area contributed by atoms with E-state index in [1.165, 1.54) is 19.2 Å². The van der Waals surface area contributed by atoms with Gasteiger partial charge < -0.3 is 14.8 Å². The predicted molar refractivity (Wildman–Crippen MR) is 132 cm³/mol. The number of nitrogens with zero attached hydrogens (tertiary/aromatic N) is 1. The van der Waals surface area contributed by atoms with Crippen LogP contribution in [0.4, 0.5) is 10.8 Å². The number of carbonyl (C=O) groups excluding carboxylic acids is 1. The zero-order valence-corrected chi connectivity index (χ0v) is 19.9. The van der Waals surface area contributed by atoms with Crippen molar-refractivity contribution in [3.8, 4) is 17.2 Å². The van der Waals surface area contributed by atoms with Gasteiger partial charge in [0, 0.05) is 5.69 Å². The SMILES string of the molecule is COc1ccc(S(=O)(=O)Nc2nc(C)c(C(=O)Nc3ccc(Oc4ccccc4)cc3)s2)cc1. The third kappa shape index (κ3) is 5.53. The van der Waals surface area contributed by atoms with E-state index in [1.54, 1.807) is 43.3 Å². The number of rotatable bonds is 8. The van der Waals surface area contributed by atoms with Crippen LogP contribution in [0.25, 0.3) is 0 Å². The number of hydrogen-bond donors (Lipinski definition) is 2. The molecule has 0 atom stereocenters. The highest BCUT2D eigenvalue weighted by molar-refractivity contribution is 7.93. The van der Waals surface area contributed by atoms with Gasteiger partial charge in [-0.1, -0.05) is 29.5 Å². The number of amides is 1. The van der Waals surface area contributed by atoms with Crippen molar-refractivity contribution in [2.45, 2.75) is 11.8 Å². The number of hydrogen-bond acceptors (Lipinski definition) is 7. The molecule has 0 fully saturated rings. The molecule has 10 heteroatoms. The topological polar surface area (TPSA) is 107 Å². The number of sulfonamides is 1. The van der Waals surface area contributed by atoms with E-state index in [2.05, 4.69) is 15.0 Å². The van der Waals surface area contributed by atoms with Crippen LogP contribution in [0.2, 0.25) is 0 Å². The van der Waals surface area contributed by atoms with Gasteiger partial charge in [-0.05, 0) is 67.6 Å². The number of ether oxygens (including phenoxy) is 2. The smallest absolute Gasteiger partial charge is 0.267 e. The van der Waals surface area contributed by atoms with E-state index in [-0.39, 0.29) is 15.9 Å². The van der Waals surface area contributed by atoms with Crippen LogP contribution >= 0.6 is 11.3 Å². The molecule has 0 saturated carbocycles. The number of anilines is 2. The summed E-state index contributed by atoms with van der Waals surface area (Å²) in [4.78, 5) is 17.3. The Bertz CT molecular complexity index is 1390. The zero-order chi connectivity index (χ0) is 24.1. The molecule has 8 nitrogen and oxygen atoms in total. The molecule has 4 rings (SSSR count). The number of thiazole rings is 1. The Labute approximate surface area is 201 Å². The third-order valence-electron chi connectivity index (χ3n) is 4.69. The van der Waals surface area contributed by atoms with Gasteiger partial charge in [0.25, 0.3) is 15.9 Å². The van der Waals surface area contributed by atoms with E-state index in [9.17, 15) is 13.2 Å². The lowest BCUT2D eigenvalue weighted by atomic mass is 10.3. The van der Waals surface area contributed by atoms with Crippen LogP contribution in [0.5, 0.6) is 17.2 Å². The summed E-state index contributed by atoms with van der Waals surface area (Å²) >= 11 is 0.958. The molecule has 2 N–H and O–H groups in total. The second-order valence-electron chi connectivity index (χ2n) is 7.11. The van der Waals surface area contributed by atoms with Crippen molar-refractivity contribution < 1.29 is 22.7 Å². The van der Waals surface area contributed by atoms with Gasteiger partial charge in [0.2, 0.25) is 0 Å². The molecular weight excluding hydrogens is 474 g/mol. The molecule has 1 amide bonds. The van der Waals surface area contributed by atoms with Gasteiger partial charge in [0.05, 0.1) is 17.7 Å². The quantitative estimate of drug-likeness (QED) is 0.343. The van der Waals surface area contributed by atoms with Crippen LogP contribution in [0, 0.1) is 6.92 Å². The summed E-state index contributed by atoms with van der Waals surface area (Å²) in [6.45, 7) is 1.65. The first kappa shape index (κ1) is 23.3. The highest BCUT2D eigenvalue weighted by Gasteiger charge is 2.20. The molecule has 1 aromatic heterocycles. The Balaban J connectivity index is 1.42. The number of nitrogens with one attached hydrogen (secondary N) is 2. The number of aryl methyl sites for hydroxylation is 1. The first-order valence-electron chi connectivity index (χ1n) is 10.1. The Morgan fingerprint density at radius 2 is 1.50 bits per heavy atom. The van der Waals surface area contributed by atoms with Gasteiger partial charge in [0.1, 0.15) is 22.1 Å². The molecule has 0 radical (unpaired) electrons. The summed E-state index contributed by atoms with van der Waals surface area (Å²) in [6, 6.07) is 22.3. The highest BCUT2D eigenvalue weighted by atomic mass is 32.2. The first-order valence-corrected chi connectivity index (χ1v) is 12.4. The maximum Gasteiger partial charge on any atom is 0.267 e. The van der Waals surface area contributed by atoms with Crippen LogP contribution in [-0.2, 0) is 10.0 Å². The third-order valence-corrected chi connectivity index (χ3v) is 7.24. The molecule has 1 heterocycles. The fourth-order valence-electron chi connectivity index (χ4n) is 3.00. The molecule has 0 unspecified atom stereocenters. The van der Waals surface area contributed by atoms with Crippen LogP contribution < -0.4 is 19.5 Å². The average molecular weight is 496 g/mol. The summed E-state index contributed by atoms with van der Waals surface area (Å²) in [6.07, 6.45) is 0. The Morgan fingerprint density at radius 1 is 0.882 bits per heavy atom. The molecule has 0 aliphatic rings. The van der Waals surface area contributed by atoms with Gasteiger partial charge in [-0.15, -0.1) is 0 Å². The molecule has 0 spiro atoms. The monoisotopic (exact) mass is 495 g/mol. The van der Waals surface area contributed by atoms with E-state index >= 15 is 0 Å². The lowest BCUT2D eigenvalue weighted by Crippen LogP contribution is -2.12. The number of methoxy groups -OCH3 is 1. The van der Waals surface area contributed by atoms with Crippen molar-refractivity contribution in [3.63, 3.8) is 0 Å². The zero-order valence-electron chi connectivity index (χ0n) is 18.3. The van der Waals surface area contributed by atoms with Crippen molar-refractivity contribution in [1.82, 2.24) is 4.98 Å². The van der Waals surface area contributed by atoms with Gasteiger partial charge in [-0.25, -0.2) is 13.4 Å². The molecule has 4 aromatic rings. The maximum absolute atomic E-state index is 12.8. The number of para-hydroxylation sites is 1. The number of carbonyl (C=O) groups is 1. The minimum atomic E-state index is -3.86. The van der Waals surface area contributed by atoms with E-state index in [0.29, 0.717) is 33.5 Å². The molecule has 0 aliphatic carbocycles. The van der Waals surface area contributed by atoms with E-state index < -0.39 is 10.0 Å². The summed E-state index contributed by atoms with van der Waals surface area (Å²) in [5, 5.41) is 2.90. The second kappa shape index (κ2) is 9.94. The number of aromatic nitrogens is 1. The summed E-state index contributed by atoms with van der Waals surface area (Å²) in [5.74, 6) is 1.50. The van der Waals surface area contributed by atoms with Crippen molar-refractivity contribution in [2.24, 2.45) is 0 Å². The van der Waals surface area contributed by atoms with Crippen LogP contribution in [0.1, 0.15) is 15.4 Å². The Hall–Kier alpha value is -3.89. The largest absolute Gasteiger partial charge is 0.497 e. The molecule has 0 bridgehead atoms. The van der Waals surface area contributed by atoms with Crippen LogP contribution in [0.3, 0.4) is 0 Å². The summed E-state index contributed by atoms with van der Waals surface area (Å²) < 4.78 is 38.5. The highest BCUT2D eigenvalue weighted by Crippen LogP contribution is 2.27. The summed E-state index contributed by atoms with van der Waals surface area (Å²) in [5.41, 5.74) is 0.984. The predicted octanol–water partition coefficient (Wildman–Crippen LogP) is 5.31. The summed E-state index contributed by atoms with van der Waals surface area (Å²) in [7, 11) is -2.36. The molecule has 174 valence electrons. The first-order chi connectivity index (χ1) is 16.3. The average Bonchev–Trinajstić information content (AvgIpc) is 3.20. The van der Waals surface area contributed by atoms with Gasteiger partial charge in [-0.3, -0.25) is 9.52 Å². The fraction of sp³-hybridized carbons (Fsp3) is 0.0833. The minimum Gasteiger partial charge on any atom is -0.497 e. The standard InChI is InChI=1S/C24H21N3O5S2/c1-16-22(33-24(25-16)27-34(29,30)21-14-12-18(31-2)13-15-21)23(28)26-17-8-10-20(11-9-17)32-19-6-4-3-5-7-19/h3-15H,1-2H3,(H,25,27)(H,26,28). The number of benzene rings is 3. The normalized spacial score (nSPS) is 11.0. The van der Waals surface area contributed by atoms with Gasteiger partial charge in [-0.2, -0.15) is 0 Å². The van der Waals surface area contributed by atoms with Crippen molar-refractivity contribution in [3.05, 3.63) is 89.4 Å². The van der Waals surface area contributed by atoms with E-state index in [1.807, 2.05) is 30.3 Å². The molecule has 0 aliphatic heterocycles. The van der Waals surface area contributed by atoms with Crippen LogP contribution in [-0.4, -0.2) is 26.4 Å². The second-order valence-corrected chi connectivity index (χ2v) is 9.79. The van der Waals surface area contributed by atoms with E-state index in [4.69, 9.17) is 9.47 Å². The van der Waals surface area contributed by atoms with Gasteiger partial charge >= 0.3 is 0 Å². The van der Waals surface area contributed by atoms with Crippen molar-refractivity contribution in [2.75, 3.05) is 17.1 Å². The Morgan fingerprint density at radius 3 is 2.15 bits per heavy atom. The fourth-order valence-corrected chi connectivity index (χ4v) is 5.09. The Kier molecular flexibility index (Phi) is 6.80. The van der Waals surface area contributed by atoms with Crippen LogP contribution in [0.15, 0.2) is 83.8 Å². The molecular formula is C24H21N3O5S2. The minimum absolute atomic E-state index is 0.0602. The molecule has 3 aromatic carbocycles. The lowest BCUT2D eigenvalue weighted by molar-refractivity contribution is 0.102. The molecule has 34 heavy (non-hydrogen) atoms. The lowest BCUT2D eigenvalue weighted by Gasteiger charge is -2.07. The van der Waals surface area contributed by atoms with Crippen molar-refractivity contribution in [1.29, 1.82) is 0 Å². The van der Waals surface area contributed by atoms with Gasteiger partial charge in [0.15, 0.2) is 5.13 Å².